The Bertz CT molecular complexity index is 371. The van der Waals surface area contributed by atoms with E-state index in [1.54, 1.807) is 0 Å². The Kier molecular flexibility index (Phi) is 3.60. The molecule has 2 rings (SSSR count). The summed E-state index contributed by atoms with van der Waals surface area (Å²) < 4.78 is 0. The van der Waals surface area contributed by atoms with Gasteiger partial charge in [-0.2, -0.15) is 0 Å². The van der Waals surface area contributed by atoms with E-state index in [1.807, 2.05) is 0 Å². The van der Waals surface area contributed by atoms with Gasteiger partial charge in [0, 0.05) is 19.5 Å². The monoisotopic (exact) mass is 216 g/mol. The maximum atomic E-state index is 7.95. The van der Waals surface area contributed by atoms with Crippen molar-refractivity contribution in [3.05, 3.63) is 35.4 Å². The van der Waals surface area contributed by atoms with Gasteiger partial charge in [-0.25, -0.2) is 0 Å². The van der Waals surface area contributed by atoms with Gasteiger partial charge >= 0.3 is 0 Å². The molecule has 1 saturated heterocycles. The molecule has 1 heterocycles. The van der Waals surface area contributed by atoms with E-state index in [1.165, 1.54) is 24.0 Å². The molecule has 0 amide bonds. The Hall–Kier alpha value is -1.31. The molecular weight excluding hydrogens is 196 g/mol. The molecule has 0 aromatic heterocycles. The molecular formula is C14H20N2. The lowest BCUT2D eigenvalue weighted by molar-refractivity contribution is 0.360. The van der Waals surface area contributed by atoms with E-state index in [2.05, 4.69) is 36.1 Å². The molecule has 0 bridgehead atoms. The summed E-state index contributed by atoms with van der Waals surface area (Å²) in [5.74, 6) is 0.817. The van der Waals surface area contributed by atoms with Crippen LogP contribution in [0.2, 0.25) is 0 Å². The first kappa shape index (κ1) is 11.2. The first-order valence-corrected chi connectivity index (χ1v) is 6.20. The highest BCUT2D eigenvalue weighted by Gasteiger charge is 2.15. The van der Waals surface area contributed by atoms with Crippen molar-refractivity contribution in [2.45, 2.75) is 39.2 Å². The van der Waals surface area contributed by atoms with E-state index in [0.29, 0.717) is 0 Å². The molecule has 1 fully saturated rings. The molecule has 1 aromatic rings. The van der Waals surface area contributed by atoms with Crippen LogP contribution < -0.4 is 0 Å². The third-order valence-electron chi connectivity index (χ3n) is 3.33. The quantitative estimate of drug-likeness (QED) is 0.825. The fraction of sp³-hybridized carbons (Fsp3) is 0.500. The summed E-state index contributed by atoms with van der Waals surface area (Å²) in [5.41, 5.74) is 2.80. The predicted molar refractivity (Wildman–Crippen MR) is 67.8 cm³/mol. The summed E-state index contributed by atoms with van der Waals surface area (Å²) >= 11 is 0. The van der Waals surface area contributed by atoms with Gasteiger partial charge < -0.3 is 4.90 Å². The molecule has 2 nitrogen and oxygen atoms in total. The van der Waals surface area contributed by atoms with Gasteiger partial charge in [-0.3, -0.25) is 5.41 Å². The number of nitrogens with one attached hydrogen (secondary N) is 1. The maximum absolute atomic E-state index is 7.95. The Balaban J connectivity index is 2.10. The van der Waals surface area contributed by atoms with Crippen molar-refractivity contribution in [3.63, 3.8) is 0 Å². The molecule has 86 valence electrons. The molecule has 16 heavy (non-hydrogen) atoms. The second-order valence-electron chi connectivity index (χ2n) is 4.45. The molecule has 1 aliphatic rings. The Labute approximate surface area is 97.8 Å². The van der Waals surface area contributed by atoms with Gasteiger partial charge in [-0.1, -0.05) is 31.2 Å². The lowest BCUT2D eigenvalue weighted by Gasteiger charge is -2.30. The van der Waals surface area contributed by atoms with Crippen molar-refractivity contribution in [1.82, 2.24) is 4.90 Å². The molecule has 0 spiro atoms. The number of hydrogen-bond donors (Lipinski definition) is 1. The van der Waals surface area contributed by atoms with Crippen LogP contribution in [0.4, 0.5) is 0 Å². The van der Waals surface area contributed by atoms with E-state index < -0.39 is 0 Å². The minimum Gasteiger partial charge on any atom is -0.356 e. The molecule has 0 atom stereocenters. The van der Waals surface area contributed by atoms with Crippen LogP contribution in [0.3, 0.4) is 0 Å². The fourth-order valence-corrected chi connectivity index (χ4v) is 2.32. The van der Waals surface area contributed by atoms with Crippen LogP contribution in [0.15, 0.2) is 24.3 Å². The normalized spacial score (nSPS) is 16.6. The Morgan fingerprint density at radius 3 is 2.62 bits per heavy atom. The Morgan fingerprint density at radius 1 is 1.19 bits per heavy atom. The van der Waals surface area contributed by atoms with Crippen molar-refractivity contribution in [3.8, 4) is 0 Å². The molecule has 2 heteroatoms. The summed E-state index contributed by atoms with van der Waals surface area (Å²) in [6.45, 7) is 4.17. The largest absolute Gasteiger partial charge is 0.356 e. The fourth-order valence-electron chi connectivity index (χ4n) is 2.32. The number of hydrogen-bond acceptors (Lipinski definition) is 1. The number of likely N-dealkylation sites (tertiary alicyclic amines) is 1. The maximum Gasteiger partial charge on any atom is 0.0960 e. The first-order chi connectivity index (χ1) is 7.81. The summed E-state index contributed by atoms with van der Waals surface area (Å²) in [6.07, 6.45) is 4.45. The molecule has 0 radical (unpaired) electrons. The van der Waals surface area contributed by atoms with Crippen LogP contribution in [0.25, 0.3) is 0 Å². The zero-order valence-electron chi connectivity index (χ0n) is 10.00. The molecule has 1 aromatic carbocycles. The van der Waals surface area contributed by atoms with Crippen LogP contribution in [0.5, 0.6) is 0 Å². The average molecular weight is 216 g/mol. The lowest BCUT2D eigenvalue weighted by atomic mass is 10.0. The van der Waals surface area contributed by atoms with Crippen LogP contribution in [-0.2, 0) is 13.0 Å². The lowest BCUT2D eigenvalue weighted by Crippen LogP contribution is -2.34. The van der Waals surface area contributed by atoms with Gasteiger partial charge in [0.15, 0.2) is 0 Å². The topological polar surface area (TPSA) is 27.1 Å². The number of nitrogens with zero attached hydrogens (tertiary/aromatic N) is 1. The molecule has 1 N–H and O–H groups in total. The molecule has 0 saturated carbocycles. The SMILES string of the molecule is CCc1ccccc1CN1CCCCC1=N. The summed E-state index contributed by atoms with van der Waals surface area (Å²) in [5, 5.41) is 7.95. The highest BCUT2D eigenvalue weighted by Crippen LogP contribution is 2.17. The summed E-state index contributed by atoms with van der Waals surface area (Å²) in [4.78, 5) is 2.22. The third kappa shape index (κ3) is 2.43. The van der Waals surface area contributed by atoms with Crippen LogP contribution in [0, 0.1) is 5.41 Å². The van der Waals surface area contributed by atoms with E-state index in [-0.39, 0.29) is 0 Å². The van der Waals surface area contributed by atoms with Gasteiger partial charge in [0.05, 0.1) is 5.84 Å². The highest BCUT2D eigenvalue weighted by molar-refractivity contribution is 5.79. The van der Waals surface area contributed by atoms with Crippen molar-refractivity contribution in [1.29, 1.82) is 5.41 Å². The van der Waals surface area contributed by atoms with Crippen molar-refractivity contribution in [2.24, 2.45) is 0 Å². The molecule has 1 aliphatic heterocycles. The standard InChI is InChI=1S/C14H20N2/c1-2-12-7-3-4-8-13(12)11-16-10-6-5-9-14(16)15/h3-4,7-8,15H,2,5-6,9-11H2,1H3. The van der Waals surface area contributed by atoms with Crippen molar-refractivity contribution >= 4 is 5.84 Å². The summed E-state index contributed by atoms with van der Waals surface area (Å²) in [7, 11) is 0. The number of rotatable bonds is 3. The van der Waals surface area contributed by atoms with E-state index in [0.717, 1.165) is 31.8 Å². The number of piperidine rings is 1. The predicted octanol–water partition coefficient (Wildman–Crippen LogP) is 3.21. The van der Waals surface area contributed by atoms with Gasteiger partial charge in [-0.05, 0) is 30.4 Å². The smallest absolute Gasteiger partial charge is 0.0960 e. The Morgan fingerprint density at radius 2 is 1.94 bits per heavy atom. The second kappa shape index (κ2) is 5.15. The minimum atomic E-state index is 0.817. The van der Waals surface area contributed by atoms with E-state index in [9.17, 15) is 0 Å². The summed E-state index contributed by atoms with van der Waals surface area (Å²) in [6, 6.07) is 8.59. The van der Waals surface area contributed by atoms with E-state index in [4.69, 9.17) is 5.41 Å². The first-order valence-electron chi connectivity index (χ1n) is 6.20. The zero-order chi connectivity index (χ0) is 11.4. The van der Waals surface area contributed by atoms with Gasteiger partial charge in [0.25, 0.3) is 0 Å². The van der Waals surface area contributed by atoms with E-state index >= 15 is 0 Å². The molecule has 0 aliphatic carbocycles. The zero-order valence-corrected chi connectivity index (χ0v) is 10.00. The minimum absolute atomic E-state index is 0.817. The third-order valence-corrected chi connectivity index (χ3v) is 3.33. The highest BCUT2D eigenvalue weighted by atomic mass is 15.2. The van der Waals surface area contributed by atoms with Crippen LogP contribution in [-0.4, -0.2) is 17.3 Å². The number of benzene rings is 1. The van der Waals surface area contributed by atoms with Crippen LogP contribution in [0.1, 0.15) is 37.3 Å². The van der Waals surface area contributed by atoms with Gasteiger partial charge in [0.2, 0.25) is 0 Å². The van der Waals surface area contributed by atoms with Crippen LogP contribution >= 0.6 is 0 Å². The van der Waals surface area contributed by atoms with Gasteiger partial charge in [-0.15, -0.1) is 0 Å². The van der Waals surface area contributed by atoms with Gasteiger partial charge in [0.1, 0.15) is 0 Å². The van der Waals surface area contributed by atoms with Crippen molar-refractivity contribution in [2.75, 3.05) is 6.54 Å². The number of aryl methyl sites for hydroxylation is 1. The second-order valence-corrected chi connectivity index (χ2v) is 4.45. The average Bonchev–Trinajstić information content (AvgIpc) is 2.33. The van der Waals surface area contributed by atoms with Crippen molar-refractivity contribution < 1.29 is 0 Å². The molecule has 0 unspecified atom stereocenters. The number of amidine groups is 1.